The number of likely N-dealkylation sites (N-methyl/N-ethyl adjacent to an activating group) is 1. The Morgan fingerprint density at radius 1 is 1.31 bits per heavy atom. The second kappa shape index (κ2) is 11.1. The molecule has 4 heterocycles. The van der Waals surface area contributed by atoms with Crippen molar-refractivity contribution in [3.63, 3.8) is 0 Å². The number of carbonyl (C=O) groups excluding carboxylic acids is 1. The van der Waals surface area contributed by atoms with Crippen LogP contribution in [0.15, 0.2) is 30.9 Å². The molecule has 1 aromatic carbocycles. The van der Waals surface area contributed by atoms with Crippen LogP contribution in [0.2, 0.25) is 0 Å². The minimum Gasteiger partial charge on any atom is -0.506 e. The second-order valence-electron chi connectivity index (χ2n) is 10.6. The molecule has 1 N–H and O–H groups in total. The molecule has 0 bridgehead atoms. The summed E-state index contributed by atoms with van der Waals surface area (Å²) in [5.74, 6) is -0.443. The van der Waals surface area contributed by atoms with Crippen LogP contribution in [0.25, 0.3) is 0 Å². The Labute approximate surface area is 228 Å². The zero-order valence-corrected chi connectivity index (χ0v) is 22.6. The average molecular weight is 535 g/mol. The summed E-state index contributed by atoms with van der Waals surface area (Å²) in [5, 5.41) is 20.8. The summed E-state index contributed by atoms with van der Waals surface area (Å²) in [6.45, 7) is 9.37. The van der Waals surface area contributed by atoms with Crippen molar-refractivity contribution in [3.05, 3.63) is 53.5 Å². The average Bonchev–Trinajstić information content (AvgIpc) is 3.34. The molecule has 0 aliphatic carbocycles. The molecule has 0 saturated carbocycles. The van der Waals surface area contributed by atoms with Crippen LogP contribution in [-0.4, -0.2) is 84.3 Å². The van der Waals surface area contributed by atoms with Crippen molar-refractivity contribution in [2.45, 2.75) is 44.8 Å². The molecule has 2 fully saturated rings. The van der Waals surface area contributed by atoms with Crippen LogP contribution in [0, 0.1) is 17.1 Å². The first-order valence-electron chi connectivity index (χ1n) is 13.5. The fraction of sp³-hybridized carbons (Fsp3) is 0.483. The number of nitriles is 1. The highest BCUT2D eigenvalue weighted by molar-refractivity contribution is 5.87. The molecule has 2 saturated heterocycles. The first-order valence-corrected chi connectivity index (χ1v) is 13.5. The number of pyridine rings is 1. The number of para-hydroxylation sites is 1. The predicted molar refractivity (Wildman–Crippen MR) is 147 cm³/mol. The molecule has 2 atom stereocenters. The van der Waals surface area contributed by atoms with E-state index < -0.39 is 5.82 Å². The van der Waals surface area contributed by atoms with E-state index in [-0.39, 0.29) is 41.9 Å². The van der Waals surface area contributed by atoms with E-state index in [4.69, 9.17) is 9.72 Å². The van der Waals surface area contributed by atoms with Crippen LogP contribution in [0.3, 0.4) is 0 Å². The van der Waals surface area contributed by atoms with Gasteiger partial charge in [0.05, 0.1) is 17.9 Å². The number of nitrogens with zero attached hydrogens (tertiary/aromatic N) is 6. The summed E-state index contributed by atoms with van der Waals surface area (Å²) in [7, 11) is 2.07. The van der Waals surface area contributed by atoms with Gasteiger partial charge in [0.15, 0.2) is 0 Å². The maximum atomic E-state index is 14.7. The van der Waals surface area contributed by atoms with Crippen molar-refractivity contribution in [1.82, 2.24) is 14.8 Å². The van der Waals surface area contributed by atoms with Crippen LogP contribution in [0.4, 0.5) is 15.8 Å². The number of carbonyl (C=O) groups is 1. The van der Waals surface area contributed by atoms with Crippen molar-refractivity contribution in [2.75, 3.05) is 56.2 Å². The van der Waals surface area contributed by atoms with E-state index in [2.05, 4.69) is 29.5 Å². The lowest BCUT2D eigenvalue weighted by Gasteiger charge is -2.43. The molecular weight excluding hydrogens is 499 g/mol. The first-order chi connectivity index (χ1) is 18.8. The monoisotopic (exact) mass is 534 g/mol. The minimum atomic E-state index is -0.496. The van der Waals surface area contributed by atoms with Gasteiger partial charge in [-0.3, -0.25) is 4.79 Å². The lowest BCUT2D eigenvalue weighted by atomic mass is 9.96. The molecule has 3 aliphatic heterocycles. The Hall–Kier alpha value is -3.84. The molecule has 5 rings (SSSR count). The third-order valence-corrected chi connectivity index (χ3v) is 8.17. The molecule has 39 heavy (non-hydrogen) atoms. The van der Waals surface area contributed by atoms with E-state index in [1.807, 2.05) is 6.92 Å². The van der Waals surface area contributed by atoms with Gasteiger partial charge in [-0.05, 0) is 58.0 Å². The largest absolute Gasteiger partial charge is 0.506 e. The number of aromatic hydroxyl groups is 1. The van der Waals surface area contributed by atoms with E-state index >= 15 is 0 Å². The van der Waals surface area contributed by atoms with Gasteiger partial charge in [-0.25, -0.2) is 9.37 Å². The first kappa shape index (κ1) is 26.8. The summed E-state index contributed by atoms with van der Waals surface area (Å²) < 4.78 is 21.0. The molecule has 0 spiro atoms. The molecule has 0 radical (unpaired) electrons. The number of rotatable bonds is 6. The van der Waals surface area contributed by atoms with E-state index in [1.54, 1.807) is 9.80 Å². The molecule has 2 aromatic rings. The Bertz CT molecular complexity index is 1290. The van der Waals surface area contributed by atoms with Crippen LogP contribution in [0.5, 0.6) is 11.6 Å². The molecule has 10 heteroatoms. The number of halogens is 1. The van der Waals surface area contributed by atoms with Gasteiger partial charge in [0.25, 0.3) is 0 Å². The summed E-state index contributed by atoms with van der Waals surface area (Å²) in [6.07, 6.45) is 3.97. The zero-order valence-electron chi connectivity index (χ0n) is 22.6. The molecule has 3 aliphatic rings. The van der Waals surface area contributed by atoms with Gasteiger partial charge in [-0.1, -0.05) is 12.6 Å². The predicted octanol–water partition coefficient (Wildman–Crippen LogP) is 3.06. The Morgan fingerprint density at radius 2 is 2.13 bits per heavy atom. The number of phenolic OH excluding ortho intramolecular Hbond substituents is 1. The number of anilines is 2. The van der Waals surface area contributed by atoms with E-state index in [9.17, 15) is 19.6 Å². The number of amides is 1. The number of hydrogen-bond acceptors (Lipinski definition) is 8. The van der Waals surface area contributed by atoms with Gasteiger partial charge >= 0.3 is 0 Å². The van der Waals surface area contributed by atoms with Gasteiger partial charge < -0.3 is 29.4 Å². The number of phenols is 1. The van der Waals surface area contributed by atoms with E-state index in [0.717, 1.165) is 30.6 Å². The fourth-order valence-electron chi connectivity index (χ4n) is 6.05. The number of fused-ring (bicyclic) bond motifs is 1. The molecule has 1 aromatic heterocycles. The number of likely N-dealkylation sites (tertiary alicyclic amines) is 1. The highest BCUT2D eigenvalue weighted by atomic mass is 19.1. The molecule has 9 nitrogen and oxygen atoms in total. The van der Waals surface area contributed by atoms with Crippen LogP contribution in [-0.2, 0) is 17.8 Å². The van der Waals surface area contributed by atoms with Crippen LogP contribution < -0.4 is 14.5 Å². The number of benzene rings is 1. The lowest BCUT2D eigenvalue weighted by molar-refractivity contribution is -0.126. The topological polar surface area (TPSA) is 96.2 Å². The molecular formula is C29H35FN6O3. The van der Waals surface area contributed by atoms with Crippen LogP contribution >= 0.6 is 0 Å². The number of aromatic nitrogens is 1. The highest BCUT2D eigenvalue weighted by Gasteiger charge is 2.35. The molecule has 2 unspecified atom stereocenters. The normalized spacial score (nSPS) is 21.4. The van der Waals surface area contributed by atoms with E-state index in [0.29, 0.717) is 50.5 Å². The second-order valence-corrected chi connectivity index (χ2v) is 10.6. The maximum Gasteiger partial charge on any atom is 0.246 e. The third-order valence-electron chi connectivity index (χ3n) is 8.17. The molecule has 206 valence electrons. The molecule has 1 amide bonds. The summed E-state index contributed by atoms with van der Waals surface area (Å²) in [4.78, 5) is 25.1. The minimum absolute atomic E-state index is 0.0521. The number of hydrogen-bond donors (Lipinski definition) is 1. The van der Waals surface area contributed by atoms with Gasteiger partial charge in [0.2, 0.25) is 11.8 Å². The highest BCUT2D eigenvalue weighted by Crippen LogP contribution is 2.40. The quantitative estimate of drug-likeness (QED) is 0.565. The van der Waals surface area contributed by atoms with Gasteiger partial charge in [0, 0.05) is 43.8 Å². The van der Waals surface area contributed by atoms with Crippen molar-refractivity contribution in [3.8, 4) is 17.7 Å². The Kier molecular flexibility index (Phi) is 7.62. The van der Waals surface area contributed by atoms with Gasteiger partial charge in [-0.2, -0.15) is 5.26 Å². The van der Waals surface area contributed by atoms with Crippen molar-refractivity contribution < 1.29 is 19.0 Å². The summed E-state index contributed by atoms with van der Waals surface area (Å²) in [5.41, 5.74) is 2.96. The van der Waals surface area contributed by atoms with E-state index in [1.165, 1.54) is 24.3 Å². The van der Waals surface area contributed by atoms with Gasteiger partial charge in [0.1, 0.15) is 35.5 Å². The number of ether oxygens (including phenoxy) is 1. The SMILES string of the molecule is C=CC(=O)N1CCN(c2c(C#N)c(OCC3CCCN3C)nc3c2CCN(c2c(O)cccc2F)C3)C(C)C1. The summed E-state index contributed by atoms with van der Waals surface area (Å²) in [6, 6.07) is 6.86. The number of piperazine rings is 1. The fourth-order valence-corrected chi connectivity index (χ4v) is 6.05. The van der Waals surface area contributed by atoms with Crippen molar-refractivity contribution in [2.24, 2.45) is 0 Å². The zero-order chi connectivity index (χ0) is 27.7. The lowest BCUT2D eigenvalue weighted by Crippen LogP contribution is -2.54. The van der Waals surface area contributed by atoms with Crippen LogP contribution in [0.1, 0.15) is 36.6 Å². The maximum absolute atomic E-state index is 14.7. The Morgan fingerprint density at radius 3 is 2.79 bits per heavy atom. The standard InChI is InChI=1S/C29H35FN6O3/c1-4-26(38)34-13-14-36(19(2)16-34)27-21-10-12-35(28-23(30)8-5-9-25(28)37)17-24(21)32-29(22(27)15-31)39-18-20-7-6-11-33(20)3/h4-5,8-9,19-20,37H,1,6-7,10-14,16-18H2,2-3H3. The Balaban J connectivity index is 1.54. The van der Waals surface area contributed by atoms with Crippen molar-refractivity contribution >= 4 is 17.3 Å². The third kappa shape index (κ3) is 5.11. The van der Waals surface area contributed by atoms with Crippen molar-refractivity contribution in [1.29, 1.82) is 5.26 Å². The smallest absolute Gasteiger partial charge is 0.246 e. The van der Waals surface area contributed by atoms with Gasteiger partial charge in [-0.15, -0.1) is 0 Å². The summed E-state index contributed by atoms with van der Waals surface area (Å²) >= 11 is 0.